The van der Waals surface area contributed by atoms with Gasteiger partial charge in [-0.25, -0.2) is 4.98 Å². The maximum atomic E-state index is 5.52. The maximum absolute atomic E-state index is 5.52. The third kappa shape index (κ3) is 3.08. The van der Waals surface area contributed by atoms with Gasteiger partial charge in [0.25, 0.3) is 0 Å². The van der Waals surface area contributed by atoms with Gasteiger partial charge in [-0.15, -0.1) is 11.8 Å². The van der Waals surface area contributed by atoms with Gasteiger partial charge in [-0.1, -0.05) is 36.4 Å². The molecule has 0 saturated carbocycles. The molecule has 0 aliphatic carbocycles. The van der Waals surface area contributed by atoms with Gasteiger partial charge in [0.15, 0.2) is 0 Å². The van der Waals surface area contributed by atoms with Crippen LogP contribution in [0.2, 0.25) is 0 Å². The minimum atomic E-state index is 0.552. The highest BCUT2D eigenvalue weighted by atomic mass is 32.2. The van der Waals surface area contributed by atoms with Crippen LogP contribution in [0, 0.1) is 0 Å². The van der Waals surface area contributed by atoms with Gasteiger partial charge in [-0.3, -0.25) is 0 Å². The van der Waals surface area contributed by atoms with E-state index >= 15 is 0 Å². The summed E-state index contributed by atoms with van der Waals surface area (Å²) >= 11 is 1.74. The van der Waals surface area contributed by atoms with Crippen LogP contribution in [-0.2, 0) is 12.3 Å². The Hall–Kier alpha value is -1.32. The van der Waals surface area contributed by atoms with Gasteiger partial charge in [0.2, 0.25) is 0 Å². The molecule has 1 heterocycles. The van der Waals surface area contributed by atoms with Gasteiger partial charge in [0.05, 0.1) is 5.03 Å². The number of benzene rings is 1. The first-order valence-corrected chi connectivity index (χ1v) is 6.19. The van der Waals surface area contributed by atoms with E-state index in [1.807, 2.05) is 24.4 Å². The Morgan fingerprint density at radius 3 is 2.44 bits per heavy atom. The fraction of sp³-hybridized carbons (Fsp3) is 0.154. The van der Waals surface area contributed by atoms with Gasteiger partial charge in [0, 0.05) is 18.5 Å². The Labute approximate surface area is 99.9 Å². The Balaban J connectivity index is 1.94. The first-order valence-electron chi connectivity index (χ1n) is 5.20. The van der Waals surface area contributed by atoms with E-state index in [4.69, 9.17) is 5.73 Å². The van der Waals surface area contributed by atoms with Gasteiger partial charge in [-0.05, 0) is 17.2 Å². The standard InChI is InChI=1S/C13H14N2S/c14-8-12-6-7-13(15-9-12)16-10-11-4-2-1-3-5-11/h1-7,9H,8,10,14H2. The van der Waals surface area contributed by atoms with Gasteiger partial charge in [-0.2, -0.15) is 0 Å². The molecule has 2 rings (SSSR count). The molecule has 16 heavy (non-hydrogen) atoms. The number of hydrogen-bond donors (Lipinski definition) is 1. The van der Waals surface area contributed by atoms with Gasteiger partial charge in [0.1, 0.15) is 0 Å². The van der Waals surface area contributed by atoms with E-state index in [1.54, 1.807) is 11.8 Å². The van der Waals surface area contributed by atoms with Gasteiger partial charge >= 0.3 is 0 Å². The van der Waals surface area contributed by atoms with Crippen LogP contribution in [-0.4, -0.2) is 4.98 Å². The SMILES string of the molecule is NCc1ccc(SCc2ccccc2)nc1. The van der Waals surface area contributed by atoms with E-state index in [9.17, 15) is 0 Å². The van der Waals surface area contributed by atoms with Crippen LogP contribution in [0.4, 0.5) is 0 Å². The number of thioether (sulfide) groups is 1. The lowest BCUT2D eigenvalue weighted by Crippen LogP contribution is -1.96. The van der Waals surface area contributed by atoms with Crippen LogP contribution in [0.1, 0.15) is 11.1 Å². The molecule has 0 saturated heterocycles. The third-order valence-electron chi connectivity index (χ3n) is 2.26. The van der Waals surface area contributed by atoms with Crippen molar-refractivity contribution in [3.8, 4) is 0 Å². The second kappa shape index (κ2) is 5.68. The zero-order valence-electron chi connectivity index (χ0n) is 8.97. The summed E-state index contributed by atoms with van der Waals surface area (Å²) in [5.41, 5.74) is 7.91. The monoisotopic (exact) mass is 230 g/mol. The van der Waals surface area contributed by atoms with E-state index in [1.165, 1.54) is 5.56 Å². The zero-order valence-corrected chi connectivity index (χ0v) is 9.78. The van der Waals surface area contributed by atoms with E-state index in [2.05, 4.69) is 29.2 Å². The highest BCUT2D eigenvalue weighted by molar-refractivity contribution is 7.98. The fourth-order valence-corrected chi connectivity index (χ4v) is 2.15. The van der Waals surface area contributed by atoms with Crippen molar-refractivity contribution in [3.63, 3.8) is 0 Å². The van der Waals surface area contributed by atoms with Crippen molar-refractivity contribution in [1.29, 1.82) is 0 Å². The fourth-order valence-electron chi connectivity index (χ4n) is 1.35. The summed E-state index contributed by atoms with van der Waals surface area (Å²) in [5, 5.41) is 1.04. The van der Waals surface area contributed by atoms with Crippen molar-refractivity contribution in [2.24, 2.45) is 5.73 Å². The summed E-state index contributed by atoms with van der Waals surface area (Å²) in [6, 6.07) is 14.4. The number of nitrogens with zero attached hydrogens (tertiary/aromatic N) is 1. The molecule has 0 fully saturated rings. The summed E-state index contributed by atoms with van der Waals surface area (Å²) in [6.45, 7) is 0.552. The lowest BCUT2D eigenvalue weighted by Gasteiger charge is -2.02. The molecular formula is C13H14N2S. The molecule has 2 N–H and O–H groups in total. The van der Waals surface area contributed by atoms with Crippen LogP contribution in [0.5, 0.6) is 0 Å². The average molecular weight is 230 g/mol. The highest BCUT2D eigenvalue weighted by Gasteiger charge is 1.97. The van der Waals surface area contributed by atoms with Crippen molar-refractivity contribution in [2.75, 3.05) is 0 Å². The summed E-state index contributed by atoms with van der Waals surface area (Å²) in [6.07, 6.45) is 1.84. The summed E-state index contributed by atoms with van der Waals surface area (Å²) in [7, 11) is 0. The number of pyridine rings is 1. The molecule has 2 aromatic rings. The van der Waals surface area contributed by atoms with Crippen LogP contribution < -0.4 is 5.73 Å². The van der Waals surface area contributed by atoms with Crippen LogP contribution in [0.25, 0.3) is 0 Å². The minimum absolute atomic E-state index is 0.552. The normalized spacial score (nSPS) is 10.3. The van der Waals surface area contributed by atoms with Crippen molar-refractivity contribution in [1.82, 2.24) is 4.98 Å². The molecule has 3 heteroatoms. The molecule has 0 spiro atoms. The molecule has 2 nitrogen and oxygen atoms in total. The molecule has 0 bridgehead atoms. The molecule has 0 atom stereocenters. The minimum Gasteiger partial charge on any atom is -0.326 e. The summed E-state index contributed by atoms with van der Waals surface area (Å²) in [4.78, 5) is 4.35. The molecule has 0 aliphatic heterocycles. The molecule has 82 valence electrons. The van der Waals surface area contributed by atoms with Crippen molar-refractivity contribution >= 4 is 11.8 Å². The number of rotatable bonds is 4. The molecule has 1 aromatic heterocycles. The third-order valence-corrected chi connectivity index (χ3v) is 3.28. The Bertz CT molecular complexity index is 425. The van der Waals surface area contributed by atoms with E-state index in [-0.39, 0.29) is 0 Å². The molecule has 0 unspecified atom stereocenters. The van der Waals surface area contributed by atoms with Crippen LogP contribution >= 0.6 is 11.8 Å². The van der Waals surface area contributed by atoms with Crippen LogP contribution in [0.15, 0.2) is 53.7 Å². The predicted molar refractivity (Wildman–Crippen MR) is 68.1 cm³/mol. The van der Waals surface area contributed by atoms with Gasteiger partial charge < -0.3 is 5.73 Å². The number of hydrogen-bond acceptors (Lipinski definition) is 3. The van der Waals surface area contributed by atoms with E-state index in [0.717, 1.165) is 16.3 Å². The van der Waals surface area contributed by atoms with Crippen molar-refractivity contribution in [2.45, 2.75) is 17.3 Å². The first-order chi connectivity index (χ1) is 7.88. The van der Waals surface area contributed by atoms with E-state index in [0.29, 0.717) is 6.54 Å². The molecule has 0 aliphatic rings. The molecule has 0 amide bonds. The molecule has 0 radical (unpaired) electrons. The average Bonchev–Trinajstić information content (AvgIpc) is 2.38. The number of aromatic nitrogens is 1. The predicted octanol–water partition coefficient (Wildman–Crippen LogP) is 2.83. The Morgan fingerprint density at radius 1 is 1.00 bits per heavy atom. The van der Waals surface area contributed by atoms with Crippen molar-refractivity contribution < 1.29 is 0 Å². The lowest BCUT2D eigenvalue weighted by atomic mass is 10.2. The Kier molecular flexibility index (Phi) is 3.97. The highest BCUT2D eigenvalue weighted by Crippen LogP contribution is 2.20. The maximum Gasteiger partial charge on any atom is 0.0963 e. The van der Waals surface area contributed by atoms with E-state index < -0.39 is 0 Å². The summed E-state index contributed by atoms with van der Waals surface area (Å²) < 4.78 is 0. The zero-order chi connectivity index (χ0) is 11.2. The Morgan fingerprint density at radius 2 is 1.81 bits per heavy atom. The second-order valence-electron chi connectivity index (χ2n) is 3.48. The topological polar surface area (TPSA) is 38.9 Å². The smallest absolute Gasteiger partial charge is 0.0963 e. The largest absolute Gasteiger partial charge is 0.326 e. The molecule has 1 aromatic carbocycles. The number of nitrogens with two attached hydrogens (primary N) is 1. The van der Waals surface area contributed by atoms with Crippen molar-refractivity contribution in [3.05, 3.63) is 59.8 Å². The van der Waals surface area contributed by atoms with Crippen LogP contribution in [0.3, 0.4) is 0 Å². The second-order valence-corrected chi connectivity index (χ2v) is 4.48. The lowest BCUT2D eigenvalue weighted by molar-refractivity contribution is 1.01. The molecular weight excluding hydrogens is 216 g/mol. The summed E-state index contributed by atoms with van der Waals surface area (Å²) in [5.74, 6) is 0.954. The quantitative estimate of drug-likeness (QED) is 0.821. The first kappa shape index (κ1) is 11.2.